The van der Waals surface area contributed by atoms with Crippen LogP contribution in [0.3, 0.4) is 0 Å². The number of nitrogens with one attached hydrogen (secondary N) is 1. The molecule has 2 heteroatoms. The molecule has 1 unspecified atom stereocenters. The van der Waals surface area contributed by atoms with Crippen molar-refractivity contribution in [2.24, 2.45) is 0 Å². The minimum atomic E-state index is 0.597. The number of thioether (sulfide) groups is 1. The van der Waals surface area contributed by atoms with E-state index in [1.807, 2.05) is 11.8 Å². The monoisotopic (exact) mass is 129 g/mol. The second-order valence-corrected chi connectivity index (χ2v) is 3.02. The van der Waals surface area contributed by atoms with Gasteiger partial charge in [0.05, 0.1) is 5.37 Å². The predicted octanol–water partition coefficient (Wildman–Crippen LogP) is 1.23. The van der Waals surface area contributed by atoms with Crippen LogP contribution in [-0.4, -0.2) is 17.7 Å². The van der Waals surface area contributed by atoms with Gasteiger partial charge in [-0.1, -0.05) is 12.2 Å². The molecule has 0 saturated carbocycles. The number of allylic oxidation sites excluding steroid dienone is 1. The van der Waals surface area contributed by atoms with E-state index in [0.717, 1.165) is 0 Å². The molecule has 1 nitrogen and oxygen atoms in total. The Labute approximate surface area is 54.5 Å². The summed E-state index contributed by atoms with van der Waals surface area (Å²) in [5.74, 6) is 1.26. The fourth-order valence-electron chi connectivity index (χ4n) is 0.744. The third kappa shape index (κ3) is 1.53. The van der Waals surface area contributed by atoms with Gasteiger partial charge in [-0.2, -0.15) is 0 Å². The van der Waals surface area contributed by atoms with E-state index in [0.29, 0.717) is 5.37 Å². The summed E-state index contributed by atoms with van der Waals surface area (Å²) < 4.78 is 0. The largest absolute Gasteiger partial charge is 0.301 e. The van der Waals surface area contributed by atoms with Crippen molar-refractivity contribution in [3.63, 3.8) is 0 Å². The lowest BCUT2D eigenvalue weighted by molar-refractivity contribution is 0.804. The van der Waals surface area contributed by atoms with Crippen molar-refractivity contribution in [1.29, 1.82) is 0 Å². The third-order valence-corrected chi connectivity index (χ3v) is 2.23. The fourth-order valence-corrected chi connectivity index (χ4v) is 1.74. The highest BCUT2D eigenvalue weighted by molar-refractivity contribution is 8.00. The molecule has 46 valence electrons. The van der Waals surface area contributed by atoms with Gasteiger partial charge < -0.3 is 5.32 Å². The van der Waals surface area contributed by atoms with Crippen molar-refractivity contribution < 1.29 is 0 Å². The third-order valence-electron chi connectivity index (χ3n) is 1.11. The summed E-state index contributed by atoms with van der Waals surface area (Å²) in [6.07, 6.45) is 4.29. The van der Waals surface area contributed by atoms with Crippen molar-refractivity contribution >= 4 is 11.8 Å². The van der Waals surface area contributed by atoms with Crippen LogP contribution in [0.25, 0.3) is 0 Å². The summed E-state index contributed by atoms with van der Waals surface area (Å²) in [6, 6.07) is 0. The van der Waals surface area contributed by atoms with Crippen molar-refractivity contribution in [2.75, 3.05) is 12.3 Å². The molecule has 1 heterocycles. The van der Waals surface area contributed by atoms with E-state index in [2.05, 4.69) is 24.4 Å². The molecule has 0 aromatic rings. The van der Waals surface area contributed by atoms with Gasteiger partial charge in [-0.25, -0.2) is 0 Å². The molecular weight excluding hydrogens is 118 g/mol. The van der Waals surface area contributed by atoms with Crippen LogP contribution in [0, 0.1) is 0 Å². The molecule has 1 fully saturated rings. The molecule has 1 N–H and O–H groups in total. The van der Waals surface area contributed by atoms with E-state index in [9.17, 15) is 0 Å². The molecule has 1 saturated heterocycles. The standard InChI is InChI=1S/C6H11NS/c1-2-3-6-7-4-5-8-6/h2-3,6-7H,4-5H2,1H3/b3-2-. The lowest BCUT2D eigenvalue weighted by Crippen LogP contribution is -2.16. The first-order valence-electron chi connectivity index (χ1n) is 2.91. The first-order valence-corrected chi connectivity index (χ1v) is 3.96. The zero-order chi connectivity index (χ0) is 5.82. The van der Waals surface area contributed by atoms with Crippen LogP contribution in [0.2, 0.25) is 0 Å². The van der Waals surface area contributed by atoms with Crippen LogP contribution >= 0.6 is 11.8 Å². The fraction of sp³-hybridized carbons (Fsp3) is 0.667. The molecule has 1 atom stereocenters. The zero-order valence-corrected chi connectivity index (χ0v) is 5.87. The molecule has 1 rings (SSSR count). The molecule has 0 radical (unpaired) electrons. The molecule has 8 heavy (non-hydrogen) atoms. The molecule has 0 amide bonds. The molecule has 1 aliphatic rings. The van der Waals surface area contributed by atoms with Crippen molar-refractivity contribution in [3.05, 3.63) is 12.2 Å². The second-order valence-electron chi connectivity index (χ2n) is 1.77. The van der Waals surface area contributed by atoms with Crippen LogP contribution < -0.4 is 5.32 Å². The normalized spacial score (nSPS) is 29.9. The van der Waals surface area contributed by atoms with E-state index < -0.39 is 0 Å². The van der Waals surface area contributed by atoms with Crippen LogP contribution in [0.1, 0.15) is 6.92 Å². The van der Waals surface area contributed by atoms with Crippen LogP contribution in [0.5, 0.6) is 0 Å². The van der Waals surface area contributed by atoms with Crippen LogP contribution in [0.15, 0.2) is 12.2 Å². The van der Waals surface area contributed by atoms with Crippen molar-refractivity contribution in [2.45, 2.75) is 12.3 Å². The molecule has 0 aliphatic carbocycles. The molecular formula is C6H11NS. The first kappa shape index (κ1) is 6.17. The SMILES string of the molecule is C/C=C\C1NCCS1. The predicted molar refractivity (Wildman–Crippen MR) is 39.1 cm³/mol. The average Bonchev–Trinajstić information content (AvgIpc) is 2.19. The van der Waals surface area contributed by atoms with E-state index >= 15 is 0 Å². The molecule has 0 aromatic heterocycles. The Morgan fingerprint density at radius 3 is 3.12 bits per heavy atom. The minimum Gasteiger partial charge on any atom is -0.301 e. The zero-order valence-electron chi connectivity index (χ0n) is 5.05. The highest BCUT2D eigenvalue weighted by atomic mass is 32.2. The van der Waals surface area contributed by atoms with Crippen molar-refractivity contribution in [3.8, 4) is 0 Å². The van der Waals surface area contributed by atoms with Crippen LogP contribution in [-0.2, 0) is 0 Å². The Balaban J connectivity index is 2.24. The average molecular weight is 129 g/mol. The first-order chi connectivity index (χ1) is 3.93. The number of rotatable bonds is 1. The maximum Gasteiger partial charge on any atom is 0.0719 e. The lowest BCUT2D eigenvalue weighted by atomic mass is 10.5. The summed E-state index contributed by atoms with van der Waals surface area (Å²) in [6.45, 7) is 3.22. The van der Waals surface area contributed by atoms with Gasteiger partial charge in [0.1, 0.15) is 0 Å². The van der Waals surface area contributed by atoms with Crippen molar-refractivity contribution in [1.82, 2.24) is 5.32 Å². The number of hydrogen-bond donors (Lipinski definition) is 1. The number of hydrogen-bond acceptors (Lipinski definition) is 2. The van der Waals surface area contributed by atoms with E-state index in [-0.39, 0.29) is 0 Å². The van der Waals surface area contributed by atoms with Gasteiger partial charge in [0.15, 0.2) is 0 Å². The van der Waals surface area contributed by atoms with Gasteiger partial charge >= 0.3 is 0 Å². The molecule has 1 aliphatic heterocycles. The molecule has 0 aromatic carbocycles. The molecule has 0 spiro atoms. The lowest BCUT2D eigenvalue weighted by Gasteiger charge is -1.98. The van der Waals surface area contributed by atoms with E-state index in [4.69, 9.17) is 0 Å². The summed E-state index contributed by atoms with van der Waals surface area (Å²) in [5.41, 5.74) is 0. The minimum absolute atomic E-state index is 0.597. The Morgan fingerprint density at radius 2 is 2.62 bits per heavy atom. The summed E-state index contributed by atoms with van der Waals surface area (Å²) >= 11 is 1.97. The van der Waals surface area contributed by atoms with Gasteiger partial charge in [-0.05, 0) is 6.92 Å². The van der Waals surface area contributed by atoms with Crippen LogP contribution in [0.4, 0.5) is 0 Å². The smallest absolute Gasteiger partial charge is 0.0719 e. The van der Waals surface area contributed by atoms with Gasteiger partial charge in [0, 0.05) is 12.3 Å². The molecule has 0 bridgehead atoms. The highest BCUT2D eigenvalue weighted by Gasteiger charge is 2.08. The van der Waals surface area contributed by atoms with E-state index in [1.165, 1.54) is 12.3 Å². The summed E-state index contributed by atoms with van der Waals surface area (Å²) in [7, 11) is 0. The summed E-state index contributed by atoms with van der Waals surface area (Å²) in [5, 5.41) is 3.93. The topological polar surface area (TPSA) is 12.0 Å². The Hall–Kier alpha value is 0.0500. The van der Waals surface area contributed by atoms with Gasteiger partial charge in [-0.3, -0.25) is 0 Å². The Morgan fingerprint density at radius 1 is 1.75 bits per heavy atom. The van der Waals surface area contributed by atoms with E-state index in [1.54, 1.807) is 0 Å². The second kappa shape index (κ2) is 3.15. The Bertz CT molecular complexity index is 84.5. The van der Waals surface area contributed by atoms with Gasteiger partial charge in [0.2, 0.25) is 0 Å². The maximum absolute atomic E-state index is 3.33. The summed E-state index contributed by atoms with van der Waals surface area (Å²) in [4.78, 5) is 0. The quantitative estimate of drug-likeness (QED) is 0.534. The van der Waals surface area contributed by atoms with Gasteiger partial charge in [-0.15, -0.1) is 11.8 Å². The Kier molecular flexibility index (Phi) is 2.43. The maximum atomic E-state index is 3.33. The highest BCUT2D eigenvalue weighted by Crippen LogP contribution is 2.13. The van der Waals surface area contributed by atoms with Gasteiger partial charge in [0.25, 0.3) is 0 Å².